The zero-order chi connectivity index (χ0) is 12.4. The van der Waals surface area contributed by atoms with Crippen LogP contribution in [0.2, 0.25) is 0 Å². The summed E-state index contributed by atoms with van der Waals surface area (Å²) in [5, 5.41) is 18.5. The van der Waals surface area contributed by atoms with Crippen LogP contribution in [0.3, 0.4) is 0 Å². The third-order valence-corrected chi connectivity index (χ3v) is 2.71. The molecule has 0 saturated carbocycles. The molecule has 88 valence electrons. The Hall–Kier alpha value is -2.06. The van der Waals surface area contributed by atoms with Gasteiger partial charge in [0.15, 0.2) is 0 Å². The number of aliphatic hydroxyl groups excluding tert-OH is 1. The first kappa shape index (κ1) is 11.4. The molecule has 1 aromatic rings. The Balaban J connectivity index is 2.50. The molecule has 1 unspecified atom stereocenters. The SMILES string of the molecule is COc1cccc(C#N)c1N1CC(O)CC1=O. The minimum Gasteiger partial charge on any atom is -0.495 e. The van der Waals surface area contributed by atoms with Crippen LogP contribution in [-0.4, -0.2) is 30.8 Å². The lowest BCUT2D eigenvalue weighted by Crippen LogP contribution is -2.26. The van der Waals surface area contributed by atoms with Gasteiger partial charge in [0.05, 0.1) is 31.7 Å². The molecule has 1 fully saturated rings. The minimum absolute atomic E-state index is 0.0862. The van der Waals surface area contributed by atoms with Gasteiger partial charge >= 0.3 is 0 Å². The summed E-state index contributed by atoms with van der Waals surface area (Å²) in [5.41, 5.74) is 0.811. The van der Waals surface area contributed by atoms with E-state index in [2.05, 4.69) is 0 Å². The van der Waals surface area contributed by atoms with E-state index in [4.69, 9.17) is 10.00 Å². The summed E-state index contributed by atoms with van der Waals surface area (Å²) in [6.45, 7) is 0.202. The van der Waals surface area contributed by atoms with Gasteiger partial charge in [-0.15, -0.1) is 0 Å². The van der Waals surface area contributed by atoms with Crippen molar-refractivity contribution in [1.29, 1.82) is 5.26 Å². The van der Waals surface area contributed by atoms with E-state index in [1.807, 2.05) is 6.07 Å². The summed E-state index contributed by atoms with van der Waals surface area (Å²) in [4.78, 5) is 13.1. The number of carbonyl (C=O) groups excluding carboxylic acids is 1. The third-order valence-electron chi connectivity index (χ3n) is 2.71. The number of aliphatic hydroxyl groups is 1. The molecule has 0 aromatic heterocycles. The number of carbonyl (C=O) groups is 1. The summed E-state index contributed by atoms with van der Waals surface area (Å²) in [7, 11) is 1.48. The largest absolute Gasteiger partial charge is 0.495 e. The molecule has 1 amide bonds. The van der Waals surface area contributed by atoms with E-state index in [0.29, 0.717) is 17.0 Å². The molecule has 1 aliphatic heterocycles. The van der Waals surface area contributed by atoms with Crippen molar-refractivity contribution in [1.82, 2.24) is 0 Å². The number of amides is 1. The van der Waals surface area contributed by atoms with E-state index in [0.717, 1.165) is 0 Å². The average molecular weight is 232 g/mol. The van der Waals surface area contributed by atoms with Crippen molar-refractivity contribution < 1.29 is 14.6 Å². The number of nitrogens with zero attached hydrogens (tertiary/aromatic N) is 2. The van der Waals surface area contributed by atoms with Gasteiger partial charge in [0.25, 0.3) is 0 Å². The second-order valence-corrected chi connectivity index (χ2v) is 3.83. The Kier molecular flexibility index (Phi) is 2.98. The van der Waals surface area contributed by atoms with Gasteiger partial charge in [-0.25, -0.2) is 0 Å². The van der Waals surface area contributed by atoms with Gasteiger partial charge in [-0.3, -0.25) is 4.79 Å². The van der Waals surface area contributed by atoms with Crippen molar-refractivity contribution in [2.24, 2.45) is 0 Å². The number of hydrogen-bond acceptors (Lipinski definition) is 4. The Labute approximate surface area is 98.8 Å². The molecule has 5 nitrogen and oxygen atoms in total. The van der Waals surface area contributed by atoms with Crippen LogP contribution < -0.4 is 9.64 Å². The number of methoxy groups -OCH3 is 1. The minimum atomic E-state index is -0.682. The number of ether oxygens (including phenoxy) is 1. The lowest BCUT2D eigenvalue weighted by atomic mass is 10.1. The van der Waals surface area contributed by atoms with Crippen LogP contribution in [-0.2, 0) is 4.79 Å². The summed E-state index contributed by atoms with van der Waals surface area (Å²) >= 11 is 0. The van der Waals surface area contributed by atoms with Gasteiger partial charge in [-0.2, -0.15) is 5.26 Å². The number of hydrogen-bond donors (Lipinski definition) is 1. The standard InChI is InChI=1S/C12H12N2O3/c1-17-10-4-2-3-8(6-13)12(10)14-7-9(15)5-11(14)16/h2-4,9,15H,5,7H2,1H3. The second kappa shape index (κ2) is 4.44. The van der Waals surface area contributed by atoms with E-state index in [-0.39, 0.29) is 18.9 Å². The molecular weight excluding hydrogens is 220 g/mol. The molecule has 1 N–H and O–H groups in total. The van der Waals surface area contributed by atoms with Crippen LogP contribution in [0.4, 0.5) is 5.69 Å². The number of nitriles is 1. The Morgan fingerprint density at radius 3 is 2.88 bits per heavy atom. The highest BCUT2D eigenvalue weighted by Crippen LogP contribution is 2.34. The summed E-state index contributed by atoms with van der Waals surface area (Å²) in [6, 6.07) is 7.03. The number of para-hydroxylation sites is 1. The Morgan fingerprint density at radius 2 is 2.35 bits per heavy atom. The van der Waals surface area contributed by atoms with Crippen LogP contribution in [0, 0.1) is 11.3 Å². The first-order valence-corrected chi connectivity index (χ1v) is 5.23. The monoisotopic (exact) mass is 232 g/mol. The number of benzene rings is 1. The first-order chi connectivity index (χ1) is 8.17. The van der Waals surface area contributed by atoms with E-state index >= 15 is 0 Å². The maximum absolute atomic E-state index is 11.7. The summed E-state index contributed by atoms with van der Waals surface area (Å²) < 4.78 is 5.16. The van der Waals surface area contributed by atoms with Crippen molar-refractivity contribution >= 4 is 11.6 Å². The van der Waals surface area contributed by atoms with Crippen molar-refractivity contribution in [2.75, 3.05) is 18.6 Å². The van der Waals surface area contributed by atoms with E-state index in [1.54, 1.807) is 18.2 Å². The topological polar surface area (TPSA) is 73.6 Å². The maximum atomic E-state index is 11.7. The maximum Gasteiger partial charge on any atom is 0.229 e. The molecule has 0 aliphatic carbocycles. The highest BCUT2D eigenvalue weighted by Gasteiger charge is 2.32. The van der Waals surface area contributed by atoms with Crippen LogP contribution in [0.15, 0.2) is 18.2 Å². The Bertz CT molecular complexity index is 493. The fraction of sp³-hybridized carbons (Fsp3) is 0.333. The smallest absolute Gasteiger partial charge is 0.229 e. The molecule has 1 saturated heterocycles. The quantitative estimate of drug-likeness (QED) is 0.813. The van der Waals surface area contributed by atoms with E-state index < -0.39 is 6.10 Å². The molecule has 5 heteroatoms. The molecule has 2 rings (SSSR count). The lowest BCUT2D eigenvalue weighted by Gasteiger charge is -2.20. The highest BCUT2D eigenvalue weighted by molar-refractivity contribution is 5.98. The molecule has 17 heavy (non-hydrogen) atoms. The number of anilines is 1. The fourth-order valence-electron chi connectivity index (χ4n) is 1.96. The summed E-state index contributed by atoms with van der Waals surface area (Å²) in [6.07, 6.45) is -0.595. The van der Waals surface area contributed by atoms with E-state index in [9.17, 15) is 9.90 Å². The molecule has 0 spiro atoms. The third kappa shape index (κ3) is 1.95. The van der Waals surface area contributed by atoms with Gasteiger partial charge in [0.2, 0.25) is 5.91 Å². The molecule has 0 bridgehead atoms. The van der Waals surface area contributed by atoms with E-state index in [1.165, 1.54) is 12.0 Å². The van der Waals surface area contributed by atoms with Crippen molar-refractivity contribution in [3.63, 3.8) is 0 Å². The molecule has 0 radical (unpaired) electrons. The second-order valence-electron chi connectivity index (χ2n) is 3.83. The van der Waals surface area contributed by atoms with Crippen molar-refractivity contribution in [2.45, 2.75) is 12.5 Å². The van der Waals surface area contributed by atoms with Gasteiger partial charge in [0.1, 0.15) is 17.5 Å². The predicted octanol–water partition coefficient (Wildman–Crippen LogP) is 0.664. The average Bonchev–Trinajstić information content (AvgIpc) is 2.67. The normalized spacial score (nSPS) is 19.2. The Morgan fingerprint density at radius 1 is 1.59 bits per heavy atom. The van der Waals surface area contributed by atoms with Crippen LogP contribution >= 0.6 is 0 Å². The zero-order valence-electron chi connectivity index (χ0n) is 9.38. The molecular formula is C12H12N2O3. The van der Waals surface area contributed by atoms with Gasteiger partial charge in [-0.1, -0.05) is 6.07 Å². The first-order valence-electron chi connectivity index (χ1n) is 5.23. The zero-order valence-corrected chi connectivity index (χ0v) is 9.38. The van der Waals surface area contributed by atoms with Gasteiger partial charge < -0.3 is 14.7 Å². The van der Waals surface area contributed by atoms with Crippen LogP contribution in [0.1, 0.15) is 12.0 Å². The van der Waals surface area contributed by atoms with Crippen LogP contribution in [0.5, 0.6) is 5.75 Å². The highest BCUT2D eigenvalue weighted by atomic mass is 16.5. The number of rotatable bonds is 2. The molecule has 1 heterocycles. The van der Waals surface area contributed by atoms with Crippen LogP contribution in [0.25, 0.3) is 0 Å². The number of β-amino-alcohol motifs (C(OH)–C–C–N with tert-alkyl or cyclic N) is 1. The molecule has 1 aliphatic rings. The summed E-state index contributed by atoms with van der Waals surface area (Å²) in [5.74, 6) is 0.269. The lowest BCUT2D eigenvalue weighted by molar-refractivity contribution is -0.117. The van der Waals surface area contributed by atoms with Gasteiger partial charge in [-0.05, 0) is 12.1 Å². The van der Waals surface area contributed by atoms with Gasteiger partial charge in [0, 0.05) is 0 Å². The van der Waals surface area contributed by atoms with Crippen molar-refractivity contribution in [3.05, 3.63) is 23.8 Å². The fourth-order valence-corrected chi connectivity index (χ4v) is 1.96. The predicted molar refractivity (Wildman–Crippen MR) is 60.7 cm³/mol. The van der Waals surface area contributed by atoms with Crippen molar-refractivity contribution in [3.8, 4) is 11.8 Å². The molecule has 1 aromatic carbocycles. The molecule has 1 atom stereocenters.